The van der Waals surface area contributed by atoms with Crippen LogP contribution in [0.25, 0.3) is 10.2 Å². The SMILES string of the molecule is Cc1ccc2nc(NC(C)Cn3cccn3)sc2c1. The average molecular weight is 272 g/mol. The number of thiazole rings is 1. The van der Waals surface area contributed by atoms with Gasteiger partial charge in [0, 0.05) is 18.4 Å². The highest BCUT2D eigenvalue weighted by Crippen LogP contribution is 2.27. The quantitative estimate of drug-likeness (QED) is 0.792. The number of benzene rings is 1. The fourth-order valence-electron chi connectivity index (χ4n) is 2.04. The lowest BCUT2D eigenvalue weighted by molar-refractivity contribution is 0.561. The third-order valence-corrected chi connectivity index (χ3v) is 3.88. The molecule has 0 bridgehead atoms. The van der Waals surface area contributed by atoms with Crippen LogP contribution in [0.2, 0.25) is 0 Å². The van der Waals surface area contributed by atoms with Crippen LogP contribution in [0.4, 0.5) is 5.13 Å². The first kappa shape index (κ1) is 12.2. The van der Waals surface area contributed by atoms with E-state index >= 15 is 0 Å². The minimum atomic E-state index is 0.293. The van der Waals surface area contributed by atoms with Crippen LogP contribution in [0.5, 0.6) is 0 Å². The van der Waals surface area contributed by atoms with Crippen LogP contribution in [0.1, 0.15) is 12.5 Å². The van der Waals surface area contributed by atoms with Crippen LogP contribution in [-0.2, 0) is 6.54 Å². The lowest BCUT2D eigenvalue weighted by atomic mass is 10.2. The van der Waals surface area contributed by atoms with Crippen molar-refractivity contribution in [3.05, 3.63) is 42.2 Å². The van der Waals surface area contributed by atoms with Crippen LogP contribution < -0.4 is 5.32 Å². The molecule has 0 fully saturated rings. The number of aryl methyl sites for hydroxylation is 1. The van der Waals surface area contributed by atoms with Gasteiger partial charge in [-0.3, -0.25) is 4.68 Å². The van der Waals surface area contributed by atoms with E-state index in [1.165, 1.54) is 10.3 Å². The van der Waals surface area contributed by atoms with Crippen molar-refractivity contribution in [1.82, 2.24) is 14.8 Å². The molecule has 1 unspecified atom stereocenters. The number of anilines is 1. The molecule has 2 aromatic heterocycles. The Balaban J connectivity index is 1.74. The molecule has 2 heterocycles. The monoisotopic (exact) mass is 272 g/mol. The average Bonchev–Trinajstić information content (AvgIpc) is 2.97. The molecule has 0 radical (unpaired) electrons. The number of nitrogens with zero attached hydrogens (tertiary/aromatic N) is 3. The van der Waals surface area contributed by atoms with Gasteiger partial charge in [-0.2, -0.15) is 5.10 Å². The lowest BCUT2D eigenvalue weighted by Gasteiger charge is -2.12. The summed E-state index contributed by atoms with van der Waals surface area (Å²) in [6, 6.07) is 8.58. The second-order valence-corrected chi connectivity index (χ2v) is 5.79. The molecule has 0 amide bonds. The second-order valence-electron chi connectivity index (χ2n) is 4.76. The molecule has 98 valence electrons. The summed E-state index contributed by atoms with van der Waals surface area (Å²) >= 11 is 1.70. The van der Waals surface area contributed by atoms with Crippen molar-refractivity contribution in [1.29, 1.82) is 0 Å². The van der Waals surface area contributed by atoms with Crippen molar-refractivity contribution < 1.29 is 0 Å². The Hall–Kier alpha value is -1.88. The van der Waals surface area contributed by atoms with Crippen molar-refractivity contribution >= 4 is 26.7 Å². The minimum absolute atomic E-state index is 0.293. The molecule has 3 rings (SSSR count). The van der Waals surface area contributed by atoms with E-state index in [2.05, 4.69) is 47.4 Å². The van der Waals surface area contributed by atoms with E-state index in [4.69, 9.17) is 0 Å². The van der Waals surface area contributed by atoms with Gasteiger partial charge in [0.05, 0.1) is 16.8 Å². The summed E-state index contributed by atoms with van der Waals surface area (Å²) in [7, 11) is 0. The third-order valence-electron chi connectivity index (χ3n) is 2.93. The summed E-state index contributed by atoms with van der Waals surface area (Å²) in [4.78, 5) is 4.60. The van der Waals surface area contributed by atoms with Gasteiger partial charge in [-0.25, -0.2) is 4.98 Å². The van der Waals surface area contributed by atoms with E-state index < -0.39 is 0 Å². The molecule has 1 N–H and O–H groups in total. The summed E-state index contributed by atoms with van der Waals surface area (Å²) in [6.07, 6.45) is 3.77. The Bertz CT molecular complexity index is 672. The van der Waals surface area contributed by atoms with Gasteiger partial charge in [-0.1, -0.05) is 17.4 Å². The van der Waals surface area contributed by atoms with Crippen LogP contribution in [-0.4, -0.2) is 20.8 Å². The second kappa shape index (κ2) is 5.01. The number of rotatable bonds is 4. The first-order chi connectivity index (χ1) is 9.20. The predicted molar refractivity (Wildman–Crippen MR) is 79.7 cm³/mol. The number of fused-ring (bicyclic) bond motifs is 1. The van der Waals surface area contributed by atoms with E-state index in [1.807, 2.05) is 16.9 Å². The fraction of sp³-hybridized carbons (Fsp3) is 0.286. The molecule has 0 saturated carbocycles. The highest BCUT2D eigenvalue weighted by Gasteiger charge is 2.08. The maximum absolute atomic E-state index is 4.60. The standard InChI is InChI=1S/C14H16N4S/c1-10-4-5-12-13(8-10)19-14(17-12)16-11(2)9-18-7-3-6-15-18/h3-8,11H,9H2,1-2H3,(H,16,17). The molecule has 19 heavy (non-hydrogen) atoms. The molecular weight excluding hydrogens is 256 g/mol. The smallest absolute Gasteiger partial charge is 0.184 e. The Morgan fingerprint density at radius 1 is 1.42 bits per heavy atom. The maximum Gasteiger partial charge on any atom is 0.184 e. The summed E-state index contributed by atoms with van der Waals surface area (Å²) in [5.41, 5.74) is 2.33. The summed E-state index contributed by atoms with van der Waals surface area (Å²) < 4.78 is 3.16. The summed E-state index contributed by atoms with van der Waals surface area (Å²) in [5, 5.41) is 8.62. The van der Waals surface area contributed by atoms with Crippen LogP contribution in [0, 0.1) is 6.92 Å². The van der Waals surface area contributed by atoms with Crippen molar-refractivity contribution in [2.45, 2.75) is 26.4 Å². The Morgan fingerprint density at radius 2 is 2.32 bits per heavy atom. The van der Waals surface area contributed by atoms with Gasteiger partial charge in [0.2, 0.25) is 0 Å². The maximum atomic E-state index is 4.60. The van der Waals surface area contributed by atoms with E-state index in [0.717, 1.165) is 17.2 Å². The van der Waals surface area contributed by atoms with Crippen LogP contribution in [0.15, 0.2) is 36.7 Å². The number of hydrogen-bond donors (Lipinski definition) is 1. The van der Waals surface area contributed by atoms with Gasteiger partial charge in [0.1, 0.15) is 0 Å². The van der Waals surface area contributed by atoms with Crippen LogP contribution >= 0.6 is 11.3 Å². The lowest BCUT2D eigenvalue weighted by Crippen LogP contribution is -2.22. The predicted octanol–water partition coefficient (Wildman–Crippen LogP) is 3.30. The van der Waals surface area contributed by atoms with Gasteiger partial charge in [0.15, 0.2) is 5.13 Å². The Kier molecular flexibility index (Phi) is 3.21. The Morgan fingerprint density at radius 3 is 3.11 bits per heavy atom. The minimum Gasteiger partial charge on any atom is -0.357 e. The topological polar surface area (TPSA) is 42.7 Å². The van der Waals surface area contributed by atoms with Crippen molar-refractivity contribution in [2.24, 2.45) is 0 Å². The van der Waals surface area contributed by atoms with Gasteiger partial charge in [0.25, 0.3) is 0 Å². The molecule has 0 aliphatic carbocycles. The van der Waals surface area contributed by atoms with Gasteiger partial charge in [-0.05, 0) is 37.6 Å². The van der Waals surface area contributed by atoms with E-state index in [1.54, 1.807) is 17.5 Å². The van der Waals surface area contributed by atoms with Gasteiger partial charge in [-0.15, -0.1) is 0 Å². The molecule has 3 aromatic rings. The normalized spacial score (nSPS) is 12.7. The first-order valence-corrected chi connectivity index (χ1v) is 7.13. The largest absolute Gasteiger partial charge is 0.357 e. The molecule has 1 atom stereocenters. The zero-order valence-electron chi connectivity index (χ0n) is 11.0. The molecule has 5 heteroatoms. The molecule has 4 nitrogen and oxygen atoms in total. The molecule has 0 saturated heterocycles. The summed E-state index contributed by atoms with van der Waals surface area (Å²) in [5.74, 6) is 0. The van der Waals surface area contributed by atoms with E-state index in [0.29, 0.717) is 6.04 Å². The highest BCUT2D eigenvalue weighted by atomic mass is 32.1. The number of hydrogen-bond acceptors (Lipinski definition) is 4. The number of nitrogens with one attached hydrogen (secondary N) is 1. The first-order valence-electron chi connectivity index (χ1n) is 6.32. The zero-order valence-corrected chi connectivity index (χ0v) is 11.8. The highest BCUT2D eigenvalue weighted by molar-refractivity contribution is 7.22. The Labute approximate surface area is 116 Å². The van der Waals surface area contributed by atoms with E-state index in [9.17, 15) is 0 Å². The zero-order chi connectivity index (χ0) is 13.2. The summed E-state index contributed by atoms with van der Waals surface area (Å²) in [6.45, 7) is 5.08. The molecule has 1 aromatic carbocycles. The van der Waals surface area contributed by atoms with E-state index in [-0.39, 0.29) is 0 Å². The van der Waals surface area contributed by atoms with Crippen molar-refractivity contribution in [2.75, 3.05) is 5.32 Å². The van der Waals surface area contributed by atoms with Crippen LogP contribution in [0.3, 0.4) is 0 Å². The molecule has 0 aliphatic rings. The fourth-order valence-corrected chi connectivity index (χ4v) is 3.11. The number of aromatic nitrogens is 3. The van der Waals surface area contributed by atoms with Crippen molar-refractivity contribution in [3.8, 4) is 0 Å². The molecule has 0 aliphatic heterocycles. The van der Waals surface area contributed by atoms with Gasteiger partial charge >= 0.3 is 0 Å². The third kappa shape index (κ3) is 2.76. The van der Waals surface area contributed by atoms with Crippen molar-refractivity contribution in [3.63, 3.8) is 0 Å². The molecular formula is C14H16N4S. The van der Waals surface area contributed by atoms with Gasteiger partial charge < -0.3 is 5.32 Å². The molecule has 0 spiro atoms.